The molecule has 0 amide bonds. The van der Waals surface area contributed by atoms with E-state index in [0.717, 1.165) is 38.5 Å². The van der Waals surface area contributed by atoms with E-state index in [2.05, 4.69) is 32.7 Å². The summed E-state index contributed by atoms with van der Waals surface area (Å²) in [6.07, 6.45) is 1.01. The van der Waals surface area contributed by atoms with Crippen molar-refractivity contribution in [1.82, 2.24) is 25.3 Å². The SMILES string of the molecule is CC(O)N(C)c1nc(N2CCNCC2)nc2nc(N3CCOC(S)C3)cnc12. The molecular formula is C17H26N8O2S. The quantitative estimate of drug-likeness (QED) is 0.463. The van der Waals surface area contributed by atoms with Crippen molar-refractivity contribution in [3.63, 3.8) is 0 Å². The molecule has 2 aromatic heterocycles. The van der Waals surface area contributed by atoms with Gasteiger partial charge in [0, 0.05) is 39.8 Å². The number of aliphatic hydroxyl groups excluding tert-OH is 1. The van der Waals surface area contributed by atoms with Gasteiger partial charge in [-0.1, -0.05) is 0 Å². The minimum absolute atomic E-state index is 0.148. The van der Waals surface area contributed by atoms with Crippen molar-refractivity contribution >= 4 is 41.4 Å². The fraction of sp³-hybridized carbons (Fsp3) is 0.647. The Labute approximate surface area is 169 Å². The van der Waals surface area contributed by atoms with Crippen LogP contribution in [-0.2, 0) is 4.74 Å². The number of ether oxygens (including phenoxy) is 1. The Balaban J connectivity index is 1.77. The summed E-state index contributed by atoms with van der Waals surface area (Å²) in [6, 6.07) is 0. The van der Waals surface area contributed by atoms with Crippen LogP contribution in [0.2, 0.25) is 0 Å². The molecule has 11 heteroatoms. The van der Waals surface area contributed by atoms with Crippen molar-refractivity contribution in [3.05, 3.63) is 6.20 Å². The molecule has 0 aliphatic carbocycles. The van der Waals surface area contributed by atoms with Crippen LogP contribution >= 0.6 is 12.6 Å². The first-order valence-electron chi connectivity index (χ1n) is 9.49. The molecule has 0 spiro atoms. The van der Waals surface area contributed by atoms with Crippen LogP contribution in [0.25, 0.3) is 11.2 Å². The van der Waals surface area contributed by atoms with E-state index >= 15 is 0 Å². The fourth-order valence-electron chi connectivity index (χ4n) is 3.29. The van der Waals surface area contributed by atoms with E-state index < -0.39 is 6.23 Å². The number of anilines is 3. The topological polar surface area (TPSA) is 103 Å². The maximum Gasteiger partial charge on any atom is 0.229 e. The second-order valence-electron chi connectivity index (χ2n) is 7.00. The second kappa shape index (κ2) is 8.19. The number of piperazine rings is 1. The number of aliphatic hydroxyl groups is 1. The van der Waals surface area contributed by atoms with Gasteiger partial charge in [0.15, 0.2) is 17.0 Å². The Morgan fingerprint density at radius 2 is 2.04 bits per heavy atom. The molecule has 152 valence electrons. The molecule has 0 saturated carbocycles. The lowest BCUT2D eigenvalue weighted by atomic mass is 10.3. The molecule has 2 aromatic rings. The van der Waals surface area contributed by atoms with Gasteiger partial charge in [-0.3, -0.25) is 0 Å². The zero-order chi connectivity index (χ0) is 19.7. The van der Waals surface area contributed by atoms with Crippen LogP contribution < -0.4 is 20.0 Å². The average Bonchev–Trinajstić information content (AvgIpc) is 2.72. The minimum atomic E-state index is -0.709. The summed E-state index contributed by atoms with van der Waals surface area (Å²) in [6.45, 7) is 7.06. The third-order valence-corrected chi connectivity index (χ3v) is 5.34. The molecule has 2 N–H and O–H groups in total. The van der Waals surface area contributed by atoms with E-state index in [-0.39, 0.29) is 5.44 Å². The first-order chi connectivity index (χ1) is 13.5. The number of hydrogen-bond donors (Lipinski definition) is 3. The molecule has 2 aliphatic heterocycles. The van der Waals surface area contributed by atoms with E-state index in [1.807, 2.05) is 0 Å². The number of thiol groups is 1. The van der Waals surface area contributed by atoms with E-state index in [9.17, 15) is 5.11 Å². The Hall–Kier alpha value is -1.95. The lowest BCUT2D eigenvalue weighted by Crippen LogP contribution is -2.44. The first kappa shape index (κ1) is 19.4. The number of aromatic nitrogens is 4. The van der Waals surface area contributed by atoms with Gasteiger partial charge in [0.25, 0.3) is 0 Å². The molecule has 10 nitrogen and oxygen atoms in total. The molecule has 2 unspecified atom stereocenters. The number of rotatable bonds is 4. The molecule has 2 atom stereocenters. The van der Waals surface area contributed by atoms with Crippen molar-refractivity contribution in [2.75, 3.05) is 67.6 Å². The highest BCUT2D eigenvalue weighted by atomic mass is 32.1. The Bertz CT molecular complexity index is 832. The summed E-state index contributed by atoms with van der Waals surface area (Å²) in [5.41, 5.74) is 0.942. The smallest absolute Gasteiger partial charge is 0.229 e. The largest absolute Gasteiger partial charge is 0.374 e. The maximum atomic E-state index is 10.1. The van der Waals surface area contributed by atoms with Gasteiger partial charge in [0.1, 0.15) is 17.5 Å². The van der Waals surface area contributed by atoms with Crippen molar-refractivity contribution < 1.29 is 9.84 Å². The van der Waals surface area contributed by atoms with Gasteiger partial charge in [-0.2, -0.15) is 9.97 Å². The molecule has 2 aliphatic rings. The predicted molar refractivity (Wildman–Crippen MR) is 111 cm³/mol. The molecule has 2 fully saturated rings. The van der Waals surface area contributed by atoms with Crippen LogP contribution in [0.15, 0.2) is 6.20 Å². The number of morpholine rings is 1. The van der Waals surface area contributed by atoms with Gasteiger partial charge in [0.2, 0.25) is 5.95 Å². The van der Waals surface area contributed by atoms with Crippen molar-refractivity contribution in [3.8, 4) is 0 Å². The molecule has 28 heavy (non-hydrogen) atoms. The third-order valence-electron chi connectivity index (χ3n) is 5.03. The summed E-state index contributed by atoms with van der Waals surface area (Å²) >= 11 is 4.41. The van der Waals surface area contributed by atoms with E-state index in [4.69, 9.17) is 19.7 Å². The van der Waals surface area contributed by atoms with E-state index in [1.54, 1.807) is 25.1 Å². The van der Waals surface area contributed by atoms with Crippen LogP contribution in [0.4, 0.5) is 17.6 Å². The summed E-state index contributed by atoms with van der Waals surface area (Å²) in [5, 5.41) is 13.4. The zero-order valence-electron chi connectivity index (χ0n) is 16.1. The first-order valence-corrected chi connectivity index (χ1v) is 10.0. The van der Waals surface area contributed by atoms with E-state index in [0.29, 0.717) is 36.1 Å². The lowest BCUT2D eigenvalue weighted by molar-refractivity contribution is 0.0993. The fourth-order valence-corrected chi connectivity index (χ4v) is 3.60. The number of hydrogen-bond acceptors (Lipinski definition) is 11. The zero-order valence-corrected chi connectivity index (χ0v) is 17.0. The predicted octanol–water partition coefficient (Wildman–Crippen LogP) is -0.304. The Kier molecular flexibility index (Phi) is 5.67. The molecule has 2 saturated heterocycles. The van der Waals surface area contributed by atoms with Crippen LogP contribution in [0, 0.1) is 0 Å². The van der Waals surface area contributed by atoms with Crippen LogP contribution in [0.3, 0.4) is 0 Å². The summed E-state index contributed by atoms with van der Waals surface area (Å²) in [4.78, 5) is 24.7. The highest BCUT2D eigenvalue weighted by Gasteiger charge is 2.23. The van der Waals surface area contributed by atoms with Gasteiger partial charge in [-0.15, -0.1) is 12.6 Å². The normalized spacial score (nSPS) is 21.8. The van der Waals surface area contributed by atoms with Gasteiger partial charge in [-0.05, 0) is 6.92 Å². The van der Waals surface area contributed by atoms with Gasteiger partial charge in [-0.25, -0.2) is 9.97 Å². The van der Waals surface area contributed by atoms with Gasteiger partial charge >= 0.3 is 0 Å². The van der Waals surface area contributed by atoms with Crippen LogP contribution in [0.1, 0.15) is 6.92 Å². The molecule has 0 aromatic carbocycles. The van der Waals surface area contributed by atoms with Gasteiger partial charge < -0.3 is 29.9 Å². The number of nitrogens with zero attached hydrogens (tertiary/aromatic N) is 7. The van der Waals surface area contributed by atoms with E-state index in [1.165, 1.54) is 0 Å². The van der Waals surface area contributed by atoms with Crippen LogP contribution in [0.5, 0.6) is 0 Å². The van der Waals surface area contributed by atoms with Crippen molar-refractivity contribution in [2.45, 2.75) is 18.6 Å². The monoisotopic (exact) mass is 406 g/mol. The Morgan fingerprint density at radius 3 is 2.75 bits per heavy atom. The standard InChI is InChI=1S/C17H26N8O2S/c1-11(26)23(2)16-14-15(21-17(22-16)24-5-3-18-4-6-24)20-12(9-19-14)25-7-8-27-13(28)10-25/h9,11,13,18,26,28H,3-8,10H2,1-2H3. The second-order valence-corrected chi connectivity index (χ2v) is 7.57. The number of fused-ring (bicyclic) bond motifs is 1. The van der Waals surface area contributed by atoms with Crippen LogP contribution in [-0.4, -0.2) is 89.6 Å². The third kappa shape index (κ3) is 3.93. The summed E-state index contributed by atoms with van der Waals surface area (Å²) in [7, 11) is 1.79. The molecule has 0 bridgehead atoms. The minimum Gasteiger partial charge on any atom is -0.374 e. The maximum absolute atomic E-state index is 10.1. The van der Waals surface area contributed by atoms with Gasteiger partial charge in [0.05, 0.1) is 19.3 Å². The molecule has 4 rings (SSSR count). The molecular weight excluding hydrogens is 380 g/mol. The highest BCUT2D eigenvalue weighted by Crippen LogP contribution is 2.27. The summed E-state index contributed by atoms with van der Waals surface area (Å²) in [5.74, 6) is 1.92. The summed E-state index contributed by atoms with van der Waals surface area (Å²) < 4.78 is 5.49. The average molecular weight is 407 g/mol. The van der Waals surface area contributed by atoms with Crippen molar-refractivity contribution in [2.24, 2.45) is 0 Å². The lowest BCUT2D eigenvalue weighted by Gasteiger charge is -2.31. The molecule has 4 heterocycles. The molecule has 0 radical (unpaired) electrons. The number of nitrogens with one attached hydrogen (secondary N) is 1. The Morgan fingerprint density at radius 1 is 1.25 bits per heavy atom. The van der Waals surface area contributed by atoms with Crippen molar-refractivity contribution in [1.29, 1.82) is 0 Å². The highest BCUT2D eigenvalue weighted by molar-refractivity contribution is 7.80.